The normalized spacial score (nSPS) is 21.5. The SMILES string of the molecule is COC(C)(OC)O[SiH](C)CCCOCC1CO1. The smallest absolute Gasteiger partial charge is 0.269 e. The summed E-state index contributed by atoms with van der Waals surface area (Å²) < 4.78 is 26.7. The number of rotatable bonds is 10. The highest BCUT2D eigenvalue weighted by atomic mass is 28.3. The fourth-order valence-electron chi connectivity index (χ4n) is 1.46. The van der Waals surface area contributed by atoms with Crippen molar-refractivity contribution in [2.45, 2.75) is 38.0 Å². The minimum Gasteiger partial charge on any atom is -0.379 e. The van der Waals surface area contributed by atoms with Gasteiger partial charge in [0.15, 0.2) is 9.04 Å². The molecule has 0 amide bonds. The zero-order chi connectivity index (χ0) is 12.7. The van der Waals surface area contributed by atoms with Gasteiger partial charge in [0, 0.05) is 27.8 Å². The first kappa shape index (κ1) is 15.1. The van der Waals surface area contributed by atoms with E-state index in [1.54, 1.807) is 21.1 Å². The number of hydrogen-bond donors (Lipinski definition) is 0. The van der Waals surface area contributed by atoms with Crippen molar-refractivity contribution in [3.8, 4) is 0 Å². The van der Waals surface area contributed by atoms with Crippen LogP contribution in [0.1, 0.15) is 13.3 Å². The van der Waals surface area contributed by atoms with Crippen LogP contribution in [0.15, 0.2) is 0 Å². The van der Waals surface area contributed by atoms with Crippen molar-refractivity contribution < 1.29 is 23.4 Å². The zero-order valence-electron chi connectivity index (χ0n) is 11.2. The maximum absolute atomic E-state index is 5.79. The van der Waals surface area contributed by atoms with E-state index in [0.717, 1.165) is 32.3 Å². The molecule has 6 heteroatoms. The lowest BCUT2D eigenvalue weighted by Crippen LogP contribution is -2.38. The highest BCUT2D eigenvalue weighted by Crippen LogP contribution is 2.16. The Hall–Kier alpha value is 0.0169. The monoisotopic (exact) mass is 264 g/mol. The Balaban J connectivity index is 2.00. The van der Waals surface area contributed by atoms with Gasteiger partial charge in [-0.15, -0.1) is 0 Å². The number of ether oxygens (including phenoxy) is 4. The van der Waals surface area contributed by atoms with Gasteiger partial charge in [-0.25, -0.2) is 0 Å². The summed E-state index contributed by atoms with van der Waals surface area (Å²) in [6.07, 6.45) is 1.37. The van der Waals surface area contributed by atoms with Crippen LogP contribution in [0.25, 0.3) is 0 Å². The molecule has 0 N–H and O–H groups in total. The second-order valence-corrected chi connectivity index (χ2v) is 6.81. The molecular weight excluding hydrogens is 240 g/mol. The summed E-state index contributed by atoms with van der Waals surface area (Å²) >= 11 is 0. The van der Waals surface area contributed by atoms with Crippen molar-refractivity contribution in [2.75, 3.05) is 34.0 Å². The molecule has 2 unspecified atom stereocenters. The molecule has 0 radical (unpaired) electrons. The van der Waals surface area contributed by atoms with Crippen LogP contribution < -0.4 is 0 Å². The van der Waals surface area contributed by atoms with E-state index < -0.39 is 15.0 Å². The molecule has 0 saturated carbocycles. The van der Waals surface area contributed by atoms with Gasteiger partial charge < -0.3 is 23.4 Å². The Morgan fingerprint density at radius 3 is 2.53 bits per heavy atom. The van der Waals surface area contributed by atoms with E-state index in [9.17, 15) is 0 Å². The lowest BCUT2D eigenvalue weighted by molar-refractivity contribution is -0.312. The zero-order valence-corrected chi connectivity index (χ0v) is 12.4. The number of epoxide rings is 1. The molecule has 1 rings (SSSR count). The van der Waals surface area contributed by atoms with Crippen molar-refractivity contribution in [1.82, 2.24) is 0 Å². The van der Waals surface area contributed by atoms with E-state index in [-0.39, 0.29) is 0 Å². The highest BCUT2D eigenvalue weighted by Gasteiger charge is 2.26. The topological polar surface area (TPSA) is 49.5 Å². The molecule has 102 valence electrons. The Morgan fingerprint density at radius 2 is 2.00 bits per heavy atom. The van der Waals surface area contributed by atoms with E-state index in [1.807, 2.05) is 0 Å². The van der Waals surface area contributed by atoms with Crippen LogP contribution in [0.2, 0.25) is 12.6 Å². The van der Waals surface area contributed by atoms with Crippen molar-refractivity contribution in [2.24, 2.45) is 0 Å². The number of methoxy groups -OCH3 is 2. The molecule has 0 bridgehead atoms. The van der Waals surface area contributed by atoms with Crippen molar-refractivity contribution >= 4 is 9.04 Å². The quantitative estimate of drug-likeness (QED) is 0.256. The van der Waals surface area contributed by atoms with Gasteiger partial charge in [0.25, 0.3) is 5.97 Å². The minimum atomic E-state index is -1.28. The van der Waals surface area contributed by atoms with Crippen LogP contribution in [0, 0.1) is 0 Å². The standard InChI is InChI=1S/C11H24O5Si/c1-11(12-2,13-3)16-17(4)7-5-6-14-8-10-9-15-10/h10,17H,5-9H2,1-4H3. The van der Waals surface area contributed by atoms with E-state index >= 15 is 0 Å². The minimum absolute atomic E-state index is 0.353. The molecule has 2 atom stereocenters. The van der Waals surface area contributed by atoms with E-state index in [4.69, 9.17) is 23.4 Å². The second-order valence-electron chi connectivity index (χ2n) is 4.37. The lowest BCUT2D eigenvalue weighted by atomic mass is 10.5. The molecule has 0 aromatic carbocycles. The molecule has 0 spiro atoms. The van der Waals surface area contributed by atoms with E-state index in [2.05, 4.69) is 6.55 Å². The largest absolute Gasteiger partial charge is 0.379 e. The van der Waals surface area contributed by atoms with Gasteiger partial charge in [0.05, 0.1) is 13.2 Å². The molecule has 0 aliphatic carbocycles. The highest BCUT2D eigenvalue weighted by molar-refractivity contribution is 6.50. The lowest BCUT2D eigenvalue weighted by Gasteiger charge is -2.29. The summed E-state index contributed by atoms with van der Waals surface area (Å²) in [5, 5.41) is 0. The third-order valence-electron chi connectivity index (χ3n) is 2.76. The van der Waals surface area contributed by atoms with Crippen LogP contribution in [0.3, 0.4) is 0 Å². The van der Waals surface area contributed by atoms with Gasteiger partial charge >= 0.3 is 0 Å². The van der Waals surface area contributed by atoms with Crippen LogP contribution in [-0.4, -0.2) is 55.2 Å². The third kappa shape index (κ3) is 6.49. The molecule has 0 aromatic rings. The summed E-state index contributed by atoms with van der Waals surface area (Å²) in [5.74, 6) is -0.894. The summed E-state index contributed by atoms with van der Waals surface area (Å²) in [6.45, 7) is 6.29. The first-order valence-corrected chi connectivity index (χ1v) is 8.51. The van der Waals surface area contributed by atoms with Crippen LogP contribution in [0.4, 0.5) is 0 Å². The third-order valence-corrected chi connectivity index (χ3v) is 4.81. The van der Waals surface area contributed by atoms with Crippen molar-refractivity contribution in [3.05, 3.63) is 0 Å². The first-order valence-electron chi connectivity index (χ1n) is 6.07. The van der Waals surface area contributed by atoms with Gasteiger partial charge in [0.1, 0.15) is 6.10 Å². The maximum atomic E-state index is 5.79. The fraction of sp³-hybridized carbons (Fsp3) is 1.00. The second kappa shape index (κ2) is 7.45. The predicted molar refractivity (Wildman–Crippen MR) is 66.5 cm³/mol. The Labute approximate surface area is 105 Å². The van der Waals surface area contributed by atoms with E-state index in [0.29, 0.717) is 6.10 Å². The summed E-state index contributed by atoms with van der Waals surface area (Å²) in [7, 11) is 1.90. The molecule has 0 aromatic heterocycles. The van der Waals surface area contributed by atoms with Gasteiger partial charge in [-0.05, 0) is 19.0 Å². The van der Waals surface area contributed by atoms with Gasteiger partial charge in [-0.3, -0.25) is 0 Å². The molecule has 1 aliphatic rings. The number of hydrogen-bond acceptors (Lipinski definition) is 5. The van der Waals surface area contributed by atoms with Gasteiger partial charge in [0.2, 0.25) is 0 Å². The summed E-state index contributed by atoms with van der Waals surface area (Å²) in [4.78, 5) is 0. The first-order chi connectivity index (χ1) is 8.09. The van der Waals surface area contributed by atoms with Crippen LogP contribution in [-0.2, 0) is 23.4 Å². The molecule has 17 heavy (non-hydrogen) atoms. The fourth-order valence-corrected chi connectivity index (χ4v) is 3.24. The van der Waals surface area contributed by atoms with E-state index in [1.165, 1.54) is 0 Å². The van der Waals surface area contributed by atoms with Crippen molar-refractivity contribution in [1.29, 1.82) is 0 Å². The predicted octanol–water partition coefficient (Wildman–Crippen LogP) is 1.13. The molecule has 1 saturated heterocycles. The summed E-state index contributed by atoms with van der Waals surface area (Å²) in [6, 6.07) is 1.05. The average Bonchev–Trinajstić information content (AvgIpc) is 3.12. The van der Waals surface area contributed by atoms with Crippen molar-refractivity contribution in [3.63, 3.8) is 0 Å². The summed E-state index contributed by atoms with van der Waals surface area (Å²) in [5.41, 5.74) is 0. The molecule has 1 fully saturated rings. The van der Waals surface area contributed by atoms with Gasteiger partial charge in [-0.1, -0.05) is 0 Å². The Kier molecular flexibility index (Phi) is 6.61. The van der Waals surface area contributed by atoms with Crippen LogP contribution in [0.5, 0.6) is 0 Å². The van der Waals surface area contributed by atoms with Gasteiger partial charge in [-0.2, -0.15) is 0 Å². The molecule has 1 heterocycles. The van der Waals surface area contributed by atoms with Crippen LogP contribution >= 0.6 is 0 Å². The Bertz CT molecular complexity index is 206. The molecular formula is C11H24O5Si. The maximum Gasteiger partial charge on any atom is 0.269 e. The average molecular weight is 264 g/mol. The molecule has 1 aliphatic heterocycles. The Morgan fingerprint density at radius 1 is 1.35 bits per heavy atom. The molecule has 5 nitrogen and oxygen atoms in total.